The average molecular weight is 295 g/mol. The van der Waals surface area contributed by atoms with Gasteiger partial charge in [0.25, 0.3) is 0 Å². The first kappa shape index (κ1) is 18.1. The Morgan fingerprint density at radius 3 is 2.48 bits per heavy atom. The fourth-order valence-corrected chi connectivity index (χ4v) is 2.25. The summed E-state index contributed by atoms with van der Waals surface area (Å²) in [5.74, 6) is 0. The summed E-state index contributed by atoms with van der Waals surface area (Å²) in [6.07, 6.45) is 4.48. The summed E-state index contributed by atoms with van der Waals surface area (Å²) in [6, 6.07) is 0.514. The lowest BCUT2D eigenvalue weighted by Crippen LogP contribution is -2.29. The zero-order chi connectivity index (χ0) is 15.9. The van der Waals surface area contributed by atoms with Crippen LogP contribution < -0.4 is 5.32 Å². The van der Waals surface area contributed by atoms with Gasteiger partial charge in [-0.1, -0.05) is 19.1 Å². The minimum absolute atomic E-state index is 0.000625. The molecule has 1 aromatic heterocycles. The molecule has 0 radical (unpaired) electrons. The summed E-state index contributed by atoms with van der Waals surface area (Å²) in [5, 5.41) is 12.0. The summed E-state index contributed by atoms with van der Waals surface area (Å²) in [5.41, 5.74) is 1.01. The quantitative estimate of drug-likeness (QED) is 0.761. The van der Waals surface area contributed by atoms with Crippen molar-refractivity contribution in [2.45, 2.75) is 72.5 Å². The van der Waals surface area contributed by atoms with Crippen LogP contribution in [0.5, 0.6) is 0 Å². The van der Waals surface area contributed by atoms with Gasteiger partial charge in [0.05, 0.1) is 17.4 Å². The minimum atomic E-state index is 0.000625. The summed E-state index contributed by atoms with van der Waals surface area (Å²) < 4.78 is 1.93. The Hall–Kier alpha value is -0.940. The normalized spacial score (nSPS) is 13.9. The molecule has 0 fully saturated rings. The molecule has 0 amide bonds. The number of aromatic nitrogens is 3. The van der Waals surface area contributed by atoms with Crippen LogP contribution in [0.3, 0.4) is 0 Å². The van der Waals surface area contributed by atoms with Crippen molar-refractivity contribution in [3.8, 4) is 0 Å². The molecular formula is C16H33N5. The first-order valence-electron chi connectivity index (χ1n) is 8.24. The number of hydrogen-bond donors (Lipinski definition) is 1. The molecule has 1 N–H and O–H groups in total. The van der Waals surface area contributed by atoms with Gasteiger partial charge in [0.15, 0.2) is 0 Å². The van der Waals surface area contributed by atoms with Gasteiger partial charge >= 0.3 is 0 Å². The van der Waals surface area contributed by atoms with Crippen LogP contribution in [-0.2, 0) is 12.1 Å². The molecule has 0 saturated heterocycles. The highest BCUT2D eigenvalue weighted by Crippen LogP contribution is 2.11. The summed E-state index contributed by atoms with van der Waals surface area (Å²) in [7, 11) is 0. The smallest absolute Gasteiger partial charge is 0.0965 e. The van der Waals surface area contributed by atoms with E-state index in [9.17, 15) is 0 Å². The number of nitrogens with one attached hydrogen (secondary N) is 1. The standard InChI is InChI=1S/C16H33N5/c1-7-20(8-2)11-9-10-14(3)17-12-15-13-21(19-18-15)16(4,5)6/h13-14,17H,7-12H2,1-6H3. The Labute approximate surface area is 130 Å². The average Bonchev–Trinajstić information content (AvgIpc) is 2.90. The molecule has 21 heavy (non-hydrogen) atoms. The molecular weight excluding hydrogens is 262 g/mol. The van der Waals surface area contributed by atoms with Crippen molar-refractivity contribution in [1.82, 2.24) is 25.2 Å². The molecule has 5 nitrogen and oxygen atoms in total. The van der Waals surface area contributed by atoms with Gasteiger partial charge in [0.2, 0.25) is 0 Å². The van der Waals surface area contributed by atoms with E-state index in [1.807, 2.05) is 10.9 Å². The van der Waals surface area contributed by atoms with Crippen LogP contribution in [0.15, 0.2) is 6.20 Å². The van der Waals surface area contributed by atoms with Crippen LogP contribution in [0.1, 0.15) is 60.1 Å². The van der Waals surface area contributed by atoms with Gasteiger partial charge in [0, 0.05) is 12.6 Å². The highest BCUT2D eigenvalue weighted by Gasteiger charge is 2.15. The van der Waals surface area contributed by atoms with Crippen LogP contribution >= 0.6 is 0 Å². The first-order chi connectivity index (χ1) is 9.86. The van der Waals surface area contributed by atoms with E-state index >= 15 is 0 Å². The SMILES string of the molecule is CCN(CC)CCCC(C)NCc1cn(C(C)(C)C)nn1. The second-order valence-corrected chi connectivity index (χ2v) is 6.78. The molecule has 0 saturated carbocycles. The van der Waals surface area contributed by atoms with Gasteiger partial charge in [-0.15, -0.1) is 5.10 Å². The van der Waals surface area contributed by atoms with Crippen LogP contribution in [0, 0.1) is 0 Å². The Morgan fingerprint density at radius 1 is 1.29 bits per heavy atom. The number of hydrogen-bond acceptors (Lipinski definition) is 4. The summed E-state index contributed by atoms with van der Waals surface area (Å²) in [6.45, 7) is 17.4. The zero-order valence-electron chi connectivity index (χ0n) is 14.7. The third-order valence-corrected chi connectivity index (χ3v) is 3.87. The lowest BCUT2D eigenvalue weighted by Gasteiger charge is -2.19. The Kier molecular flexibility index (Phi) is 7.32. The van der Waals surface area contributed by atoms with E-state index in [0.29, 0.717) is 6.04 Å². The van der Waals surface area contributed by atoms with Crippen molar-refractivity contribution in [2.75, 3.05) is 19.6 Å². The van der Waals surface area contributed by atoms with Crippen LogP contribution in [0.25, 0.3) is 0 Å². The maximum Gasteiger partial charge on any atom is 0.0965 e. The predicted molar refractivity (Wildman–Crippen MR) is 88.3 cm³/mol. The maximum atomic E-state index is 4.23. The molecule has 1 aromatic rings. The Morgan fingerprint density at radius 2 is 1.95 bits per heavy atom. The highest BCUT2D eigenvalue weighted by molar-refractivity contribution is 4.94. The molecule has 0 aliphatic heterocycles. The van der Waals surface area contributed by atoms with E-state index in [4.69, 9.17) is 0 Å². The van der Waals surface area contributed by atoms with Crippen molar-refractivity contribution in [2.24, 2.45) is 0 Å². The fourth-order valence-electron chi connectivity index (χ4n) is 2.25. The third-order valence-electron chi connectivity index (χ3n) is 3.87. The molecule has 1 atom stereocenters. The Balaban J connectivity index is 2.27. The van der Waals surface area contributed by atoms with E-state index in [0.717, 1.165) is 25.3 Å². The number of nitrogens with zero attached hydrogens (tertiary/aromatic N) is 4. The lowest BCUT2D eigenvalue weighted by molar-refractivity contribution is 0.290. The summed E-state index contributed by atoms with van der Waals surface area (Å²) in [4.78, 5) is 2.47. The van der Waals surface area contributed by atoms with Gasteiger partial charge < -0.3 is 10.2 Å². The summed E-state index contributed by atoms with van der Waals surface area (Å²) >= 11 is 0. The largest absolute Gasteiger partial charge is 0.309 e. The van der Waals surface area contributed by atoms with E-state index in [-0.39, 0.29) is 5.54 Å². The molecule has 0 bridgehead atoms. The molecule has 1 unspecified atom stereocenters. The third kappa shape index (κ3) is 6.57. The van der Waals surface area contributed by atoms with Crippen molar-refractivity contribution < 1.29 is 0 Å². The monoisotopic (exact) mass is 295 g/mol. The molecule has 122 valence electrons. The highest BCUT2D eigenvalue weighted by atomic mass is 15.4. The predicted octanol–water partition coefficient (Wildman–Crippen LogP) is 2.63. The van der Waals surface area contributed by atoms with Crippen LogP contribution in [0.4, 0.5) is 0 Å². The zero-order valence-corrected chi connectivity index (χ0v) is 14.7. The van der Waals surface area contributed by atoms with E-state index in [2.05, 4.69) is 62.1 Å². The molecule has 0 aromatic carbocycles. The first-order valence-corrected chi connectivity index (χ1v) is 8.24. The van der Waals surface area contributed by atoms with Gasteiger partial charge in [-0.05, 0) is 60.2 Å². The van der Waals surface area contributed by atoms with Gasteiger partial charge in [-0.25, -0.2) is 4.68 Å². The van der Waals surface area contributed by atoms with Crippen molar-refractivity contribution in [3.63, 3.8) is 0 Å². The van der Waals surface area contributed by atoms with Gasteiger partial charge in [-0.2, -0.15) is 0 Å². The van der Waals surface area contributed by atoms with Crippen molar-refractivity contribution in [1.29, 1.82) is 0 Å². The molecule has 1 heterocycles. The fraction of sp³-hybridized carbons (Fsp3) is 0.875. The van der Waals surface area contributed by atoms with E-state index in [1.54, 1.807) is 0 Å². The number of rotatable bonds is 9. The van der Waals surface area contributed by atoms with E-state index in [1.165, 1.54) is 19.4 Å². The van der Waals surface area contributed by atoms with E-state index < -0.39 is 0 Å². The van der Waals surface area contributed by atoms with Crippen LogP contribution in [0.2, 0.25) is 0 Å². The van der Waals surface area contributed by atoms with Gasteiger partial charge in [-0.3, -0.25) is 0 Å². The lowest BCUT2D eigenvalue weighted by atomic mass is 10.1. The Bertz CT molecular complexity index is 390. The molecule has 5 heteroatoms. The second kappa shape index (κ2) is 8.49. The van der Waals surface area contributed by atoms with Crippen LogP contribution in [-0.4, -0.2) is 45.6 Å². The second-order valence-electron chi connectivity index (χ2n) is 6.78. The van der Waals surface area contributed by atoms with Crippen molar-refractivity contribution >= 4 is 0 Å². The molecule has 0 aliphatic rings. The molecule has 0 aliphatic carbocycles. The van der Waals surface area contributed by atoms with Crippen molar-refractivity contribution in [3.05, 3.63) is 11.9 Å². The minimum Gasteiger partial charge on any atom is -0.309 e. The topological polar surface area (TPSA) is 46.0 Å². The molecule has 0 spiro atoms. The molecule has 1 rings (SSSR count). The van der Waals surface area contributed by atoms with Gasteiger partial charge in [0.1, 0.15) is 0 Å². The maximum absolute atomic E-state index is 4.23.